The normalized spacial score (nSPS) is 24.3. The monoisotopic (exact) mass is 486 g/mol. The lowest BCUT2D eigenvalue weighted by Crippen LogP contribution is -2.38. The Labute approximate surface area is 178 Å². The highest BCUT2D eigenvalue weighted by Gasteiger charge is 2.49. The van der Waals surface area contributed by atoms with Crippen molar-refractivity contribution in [3.05, 3.63) is 28.8 Å². The summed E-state index contributed by atoms with van der Waals surface area (Å²) in [5, 5.41) is 7.50. The fraction of sp³-hybridized carbons (Fsp3) is 0.438. The average molecular weight is 487 g/mol. The quantitative estimate of drug-likeness (QED) is 0.673. The van der Waals surface area contributed by atoms with E-state index in [0.717, 1.165) is 23.9 Å². The molecule has 1 N–H and O–H groups in total. The van der Waals surface area contributed by atoms with E-state index < -0.39 is 63.0 Å². The van der Waals surface area contributed by atoms with Crippen molar-refractivity contribution in [3.8, 4) is 0 Å². The van der Waals surface area contributed by atoms with Gasteiger partial charge in [-0.2, -0.15) is 18.2 Å². The number of amides is 1. The van der Waals surface area contributed by atoms with Crippen LogP contribution in [-0.4, -0.2) is 66.6 Å². The molecule has 8 nitrogen and oxygen atoms in total. The molecule has 164 valence electrons. The molecular formula is C16H14ClF3N2O6S2. The predicted molar refractivity (Wildman–Crippen MR) is 104 cm³/mol. The fourth-order valence-corrected chi connectivity index (χ4v) is 7.27. The standard InChI is InChI=1S/C16H14ClF3N2O6S2/c17-10-2-1-8(3-9(10)16(18,19)20)22-11-6-30(26,27)7-12(11)29-15(22)21-13(23)4-28-5-14(24)25/h1-3,11-12H,4-7H2,(H,24,25). The minimum atomic E-state index is -4.74. The summed E-state index contributed by atoms with van der Waals surface area (Å²) < 4.78 is 68.5. The van der Waals surface area contributed by atoms with Crippen molar-refractivity contribution in [2.45, 2.75) is 17.5 Å². The topological polar surface area (TPSA) is 113 Å². The first kappa shape index (κ1) is 22.8. The number of thioether (sulfide) groups is 1. The van der Waals surface area contributed by atoms with Gasteiger partial charge in [-0.1, -0.05) is 23.4 Å². The van der Waals surface area contributed by atoms with Crippen LogP contribution in [0.25, 0.3) is 0 Å². The number of nitrogens with zero attached hydrogens (tertiary/aromatic N) is 2. The summed E-state index contributed by atoms with van der Waals surface area (Å²) in [4.78, 5) is 27.6. The molecule has 30 heavy (non-hydrogen) atoms. The number of aliphatic carboxylic acids is 1. The molecule has 2 unspecified atom stereocenters. The van der Waals surface area contributed by atoms with Gasteiger partial charge in [0.05, 0.1) is 28.1 Å². The number of carboxylic acid groups (broad SMARTS) is 1. The van der Waals surface area contributed by atoms with Crippen LogP contribution in [-0.2, 0) is 30.3 Å². The van der Waals surface area contributed by atoms with Crippen molar-refractivity contribution >= 4 is 55.9 Å². The van der Waals surface area contributed by atoms with Crippen LogP contribution >= 0.6 is 23.4 Å². The third kappa shape index (κ3) is 5.07. The largest absolute Gasteiger partial charge is 0.480 e. The maximum absolute atomic E-state index is 13.3. The van der Waals surface area contributed by atoms with E-state index in [2.05, 4.69) is 9.73 Å². The van der Waals surface area contributed by atoms with Gasteiger partial charge in [0.15, 0.2) is 15.0 Å². The van der Waals surface area contributed by atoms with Gasteiger partial charge in [-0.15, -0.1) is 0 Å². The molecular weight excluding hydrogens is 473 g/mol. The molecule has 0 spiro atoms. The number of halogens is 4. The molecule has 1 amide bonds. The molecule has 2 aliphatic heterocycles. The molecule has 2 saturated heterocycles. The van der Waals surface area contributed by atoms with Crippen LogP contribution in [0.3, 0.4) is 0 Å². The van der Waals surface area contributed by atoms with Crippen molar-refractivity contribution in [3.63, 3.8) is 0 Å². The molecule has 3 rings (SSSR count). The Morgan fingerprint density at radius 1 is 1.30 bits per heavy atom. The number of carbonyl (C=O) groups is 2. The molecule has 14 heteroatoms. The maximum atomic E-state index is 13.3. The van der Waals surface area contributed by atoms with E-state index in [1.54, 1.807) is 0 Å². The van der Waals surface area contributed by atoms with Gasteiger partial charge in [0.25, 0.3) is 5.91 Å². The summed E-state index contributed by atoms with van der Waals surface area (Å²) in [6, 6.07) is 2.38. The SMILES string of the molecule is O=C(O)COCC(=O)N=C1SC2CS(=O)(=O)CC2N1c1ccc(Cl)c(C(F)(F)F)c1. The van der Waals surface area contributed by atoms with E-state index in [4.69, 9.17) is 16.7 Å². The van der Waals surface area contributed by atoms with Crippen LogP contribution in [0.5, 0.6) is 0 Å². The van der Waals surface area contributed by atoms with Gasteiger partial charge in [0, 0.05) is 10.9 Å². The molecule has 1 aromatic carbocycles. The number of fused-ring (bicyclic) bond motifs is 1. The number of sulfone groups is 1. The number of carboxylic acids is 1. The van der Waals surface area contributed by atoms with Crippen molar-refractivity contribution in [1.29, 1.82) is 0 Å². The third-order valence-electron chi connectivity index (χ3n) is 4.27. The highest BCUT2D eigenvalue weighted by molar-refractivity contribution is 8.16. The van der Waals surface area contributed by atoms with Crippen LogP contribution in [0.1, 0.15) is 5.56 Å². The van der Waals surface area contributed by atoms with E-state index in [9.17, 15) is 31.2 Å². The Bertz CT molecular complexity index is 1010. The van der Waals surface area contributed by atoms with Crippen LogP contribution in [0, 0.1) is 0 Å². The molecule has 0 bridgehead atoms. The van der Waals surface area contributed by atoms with E-state index in [1.807, 2.05) is 0 Å². The number of rotatable bonds is 5. The Kier molecular flexibility index (Phi) is 6.37. The minimum Gasteiger partial charge on any atom is -0.480 e. The first-order chi connectivity index (χ1) is 13.9. The zero-order chi connectivity index (χ0) is 22.3. The molecule has 1 aromatic rings. The summed E-state index contributed by atoms with van der Waals surface area (Å²) in [5.74, 6) is -2.65. The molecule has 2 heterocycles. The number of ether oxygens (including phenoxy) is 1. The average Bonchev–Trinajstić information content (AvgIpc) is 3.05. The Balaban J connectivity index is 1.95. The highest BCUT2D eigenvalue weighted by atomic mass is 35.5. The minimum absolute atomic E-state index is 0.0122. The Morgan fingerprint density at radius 2 is 2.00 bits per heavy atom. The number of anilines is 1. The van der Waals surface area contributed by atoms with Gasteiger partial charge < -0.3 is 14.7 Å². The lowest BCUT2D eigenvalue weighted by Gasteiger charge is -2.25. The highest BCUT2D eigenvalue weighted by Crippen LogP contribution is 2.43. The fourth-order valence-electron chi connectivity index (χ4n) is 3.11. The van der Waals surface area contributed by atoms with Crippen molar-refractivity contribution in [1.82, 2.24) is 0 Å². The second kappa shape index (κ2) is 8.36. The predicted octanol–water partition coefficient (Wildman–Crippen LogP) is 2.06. The molecule has 0 aromatic heterocycles. The van der Waals surface area contributed by atoms with Crippen molar-refractivity contribution in [2.75, 3.05) is 29.6 Å². The number of benzene rings is 1. The number of carbonyl (C=O) groups excluding carboxylic acids is 1. The van der Waals surface area contributed by atoms with Crippen LogP contribution in [0.2, 0.25) is 5.02 Å². The van der Waals surface area contributed by atoms with Crippen LogP contribution in [0.15, 0.2) is 23.2 Å². The van der Waals surface area contributed by atoms with Gasteiger partial charge >= 0.3 is 12.1 Å². The smallest absolute Gasteiger partial charge is 0.417 e. The molecule has 2 fully saturated rings. The number of alkyl halides is 3. The van der Waals surface area contributed by atoms with Crippen LogP contribution in [0.4, 0.5) is 18.9 Å². The van der Waals surface area contributed by atoms with E-state index in [1.165, 1.54) is 11.0 Å². The molecule has 2 atom stereocenters. The van der Waals surface area contributed by atoms with E-state index in [-0.39, 0.29) is 22.4 Å². The first-order valence-corrected chi connectivity index (χ1v) is 11.4. The molecule has 0 aliphatic carbocycles. The first-order valence-electron chi connectivity index (χ1n) is 8.31. The Hall–Kier alpha value is -1.83. The zero-order valence-electron chi connectivity index (χ0n) is 14.9. The molecule has 0 saturated carbocycles. The lowest BCUT2D eigenvalue weighted by atomic mass is 10.1. The molecule has 0 radical (unpaired) electrons. The van der Waals surface area contributed by atoms with Crippen molar-refractivity contribution < 1.29 is 41.0 Å². The summed E-state index contributed by atoms with van der Waals surface area (Å²) >= 11 is 6.62. The molecule has 2 aliphatic rings. The van der Waals surface area contributed by atoms with Crippen LogP contribution < -0.4 is 4.90 Å². The van der Waals surface area contributed by atoms with E-state index >= 15 is 0 Å². The maximum Gasteiger partial charge on any atom is 0.417 e. The second-order valence-electron chi connectivity index (χ2n) is 6.51. The van der Waals surface area contributed by atoms with Gasteiger partial charge in [-0.25, -0.2) is 13.2 Å². The van der Waals surface area contributed by atoms with Crippen molar-refractivity contribution in [2.24, 2.45) is 4.99 Å². The number of hydrogen-bond donors (Lipinski definition) is 1. The zero-order valence-corrected chi connectivity index (χ0v) is 17.3. The lowest BCUT2D eigenvalue weighted by molar-refractivity contribution is -0.143. The van der Waals surface area contributed by atoms with Gasteiger partial charge in [-0.3, -0.25) is 4.79 Å². The van der Waals surface area contributed by atoms with Gasteiger partial charge in [0.2, 0.25) is 0 Å². The van der Waals surface area contributed by atoms with Gasteiger partial charge in [0.1, 0.15) is 13.2 Å². The number of amidine groups is 1. The number of hydrogen-bond acceptors (Lipinski definition) is 6. The Morgan fingerprint density at radius 3 is 2.63 bits per heavy atom. The third-order valence-corrected chi connectivity index (χ3v) is 7.81. The summed E-state index contributed by atoms with van der Waals surface area (Å²) in [7, 11) is -3.41. The summed E-state index contributed by atoms with van der Waals surface area (Å²) in [6.07, 6.45) is -4.74. The summed E-state index contributed by atoms with van der Waals surface area (Å²) in [6.45, 7) is -1.37. The van der Waals surface area contributed by atoms with Gasteiger partial charge in [-0.05, 0) is 18.2 Å². The second-order valence-corrected chi connectivity index (χ2v) is 10.3. The number of aliphatic imine (C=N–C) groups is 1. The summed E-state index contributed by atoms with van der Waals surface area (Å²) in [5.41, 5.74) is -1.12. The van der Waals surface area contributed by atoms with E-state index in [0.29, 0.717) is 0 Å².